The standard InChI is InChI=1S/C36H38N8OS/c1-24-6-16-29(17-7-24)46-33-5-3-4-32(30(33)22-37)45-28-14-8-25(9-15-28)35-40-34(38)31-23-39-44(36(31)41-35)27-12-10-26(11-13-27)43-20-18-42(2)19-21-43/h3-9,14-17,23,26-27H,10-13,18-21H2,1-2H3,(H2,38,40,41). The van der Waals surface area contributed by atoms with Crippen molar-refractivity contribution in [3.05, 3.63) is 84.1 Å². The van der Waals surface area contributed by atoms with Gasteiger partial charge in [0.15, 0.2) is 11.5 Å². The Kier molecular flexibility index (Phi) is 8.63. The molecule has 0 radical (unpaired) electrons. The number of nitriles is 1. The lowest BCUT2D eigenvalue weighted by molar-refractivity contribution is 0.0815. The van der Waals surface area contributed by atoms with E-state index in [-0.39, 0.29) is 0 Å². The Balaban J connectivity index is 1.07. The van der Waals surface area contributed by atoms with Gasteiger partial charge in [0, 0.05) is 47.6 Å². The predicted octanol–water partition coefficient (Wildman–Crippen LogP) is 6.93. The average molecular weight is 631 g/mol. The lowest BCUT2D eigenvalue weighted by Gasteiger charge is -2.41. The molecule has 2 fully saturated rings. The highest BCUT2D eigenvalue weighted by molar-refractivity contribution is 7.99. The molecule has 1 aliphatic carbocycles. The van der Waals surface area contributed by atoms with Crippen LogP contribution in [-0.4, -0.2) is 68.8 Å². The fourth-order valence-electron chi connectivity index (χ4n) is 6.52. The number of hydrogen-bond donors (Lipinski definition) is 1. The van der Waals surface area contributed by atoms with Crippen molar-refractivity contribution in [3.8, 4) is 29.0 Å². The number of benzene rings is 3. The van der Waals surface area contributed by atoms with Crippen LogP contribution in [0.25, 0.3) is 22.4 Å². The van der Waals surface area contributed by atoms with Gasteiger partial charge in [0.1, 0.15) is 28.9 Å². The molecule has 0 spiro atoms. The number of nitrogens with two attached hydrogens (primary N) is 1. The van der Waals surface area contributed by atoms with Crippen molar-refractivity contribution >= 4 is 28.6 Å². The number of piperazine rings is 1. The molecule has 2 aliphatic rings. The highest BCUT2D eigenvalue weighted by Gasteiger charge is 2.30. The molecule has 3 aromatic carbocycles. The third-order valence-electron chi connectivity index (χ3n) is 9.24. The topological polar surface area (TPSA) is 109 Å². The molecular weight excluding hydrogens is 593 g/mol. The molecule has 5 aromatic rings. The highest BCUT2D eigenvalue weighted by atomic mass is 32.2. The molecule has 0 unspecified atom stereocenters. The van der Waals surface area contributed by atoms with Crippen LogP contribution in [0.4, 0.5) is 5.82 Å². The maximum atomic E-state index is 10.0. The van der Waals surface area contributed by atoms with E-state index in [1.807, 2.05) is 42.5 Å². The number of fused-ring (bicyclic) bond motifs is 1. The molecular formula is C36H38N8OS. The monoisotopic (exact) mass is 630 g/mol. The second kappa shape index (κ2) is 13.1. The number of nitrogens with zero attached hydrogens (tertiary/aromatic N) is 7. The molecule has 2 N–H and O–H groups in total. The Labute approximate surface area is 274 Å². The fourth-order valence-corrected chi connectivity index (χ4v) is 7.44. The number of nitrogen functional groups attached to an aromatic ring is 1. The lowest BCUT2D eigenvalue weighted by Crippen LogP contribution is -2.49. The quantitative estimate of drug-likeness (QED) is 0.205. The Morgan fingerprint density at radius 1 is 0.891 bits per heavy atom. The van der Waals surface area contributed by atoms with Gasteiger partial charge >= 0.3 is 0 Å². The third-order valence-corrected chi connectivity index (χ3v) is 10.3. The number of anilines is 1. The molecule has 0 bridgehead atoms. The number of rotatable bonds is 7. The van der Waals surface area contributed by atoms with Crippen LogP contribution >= 0.6 is 11.8 Å². The zero-order valence-corrected chi connectivity index (χ0v) is 27.1. The van der Waals surface area contributed by atoms with E-state index in [2.05, 4.69) is 63.8 Å². The van der Waals surface area contributed by atoms with Crippen molar-refractivity contribution in [1.82, 2.24) is 29.5 Å². The summed E-state index contributed by atoms with van der Waals surface area (Å²) < 4.78 is 8.27. The molecule has 234 valence electrons. The molecule has 0 atom stereocenters. The molecule has 1 saturated carbocycles. The van der Waals surface area contributed by atoms with Crippen LogP contribution in [0, 0.1) is 18.3 Å². The fraction of sp³-hybridized carbons (Fsp3) is 0.333. The molecule has 3 heterocycles. The van der Waals surface area contributed by atoms with Crippen LogP contribution < -0.4 is 10.5 Å². The number of hydrogen-bond acceptors (Lipinski definition) is 9. The van der Waals surface area contributed by atoms with Crippen molar-refractivity contribution in [2.45, 2.75) is 54.5 Å². The molecule has 7 rings (SSSR count). The van der Waals surface area contributed by atoms with E-state index in [0.29, 0.717) is 40.8 Å². The minimum Gasteiger partial charge on any atom is -0.456 e. The largest absolute Gasteiger partial charge is 0.456 e. The van der Waals surface area contributed by atoms with Crippen molar-refractivity contribution < 1.29 is 4.74 Å². The van der Waals surface area contributed by atoms with Gasteiger partial charge in [-0.1, -0.05) is 35.5 Å². The van der Waals surface area contributed by atoms with Crippen molar-refractivity contribution in [3.63, 3.8) is 0 Å². The summed E-state index contributed by atoms with van der Waals surface area (Å²) in [4.78, 5) is 16.6. The summed E-state index contributed by atoms with van der Waals surface area (Å²) in [6.07, 6.45) is 6.30. The summed E-state index contributed by atoms with van der Waals surface area (Å²) in [6.45, 7) is 6.68. The van der Waals surface area contributed by atoms with Crippen LogP contribution in [-0.2, 0) is 0 Å². The first-order valence-corrected chi connectivity index (χ1v) is 16.8. The van der Waals surface area contributed by atoms with Crippen molar-refractivity contribution in [1.29, 1.82) is 5.26 Å². The summed E-state index contributed by atoms with van der Waals surface area (Å²) in [5, 5.41) is 15.5. The van der Waals surface area contributed by atoms with E-state index < -0.39 is 0 Å². The first kappa shape index (κ1) is 30.2. The van der Waals surface area contributed by atoms with Crippen LogP contribution in [0.2, 0.25) is 0 Å². The van der Waals surface area contributed by atoms with E-state index in [1.165, 1.54) is 18.4 Å². The molecule has 1 saturated heterocycles. The van der Waals surface area contributed by atoms with E-state index in [9.17, 15) is 5.26 Å². The Bertz CT molecular complexity index is 1870. The van der Waals surface area contributed by atoms with Gasteiger partial charge in [-0.25, -0.2) is 14.6 Å². The SMILES string of the molecule is Cc1ccc(Sc2cccc(Oc3ccc(-c4nc(N)c5cnn(C6CCC(N7CCN(C)CC7)CC6)c5n4)cc3)c2C#N)cc1. The normalized spacial score (nSPS) is 19.2. The van der Waals surface area contributed by atoms with Crippen LogP contribution in [0.15, 0.2) is 82.7 Å². The minimum atomic E-state index is 0.299. The second-order valence-corrected chi connectivity index (χ2v) is 13.5. The van der Waals surface area contributed by atoms with Gasteiger partial charge in [-0.3, -0.25) is 4.90 Å². The summed E-state index contributed by atoms with van der Waals surface area (Å²) in [7, 11) is 2.21. The molecule has 46 heavy (non-hydrogen) atoms. The average Bonchev–Trinajstić information content (AvgIpc) is 3.52. The first-order valence-electron chi connectivity index (χ1n) is 15.9. The van der Waals surface area contributed by atoms with Gasteiger partial charge in [0.25, 0.3) is 0 Å². The first-order chi connectivity index (χ1) is 22.4. The van der Waals surface area contributed by atoms with E-state index >= 15 is 0 Å². The Morgan fingerprint density at radius 3 is 2.33 bits per heavy atom. The van der Waals surface area contributed by atoms with Crippen LogP contribution in [0.1, 0.15) is 42.9 Å². The number of ether oxygens (including phenoxy) is 1. The molecule has 10 heteroatoms. The van der Waals surface area contributed by atoms with Gasteiger partial charge in [-0.05, 0) is 88.2 Å². The van der Waals surface area contributed by atoms with Crippen molar-refractivity contribution in [2.75, 3.05) is 39.0 Å². The van der Waals surface area contributed by atoms with Gasteiger partial charge in [-0.15, -0.1) is 0 Å². The summed E-state index contributed by atoms with van der Waals surface area (Å²) in [6, 6.07) is 24.8. The van der Waals surface area contributed by atoms with Gasteiger partial charge in [-0.2, -0.15) is 10.4 Å². The number of aromatic nitrogens is 4. The van der Waals surface area contributed by atoms with Gasteiger partial charge < -0.3 is 15.4 Å². The maximum absolute atomic E-state index is 10.0. The molecule has 2 aromatic heterocycles. The molecule has 9 nitrogen and oxygen atoms in total. The number of aryl methyl sites for hydroxylation is 1. The van der Waals surface area contributed by atoms with Gasteiger partial charge in [0.2, 0.25) is 0 Å². The number of likely N-dealkylation sites (N-methyl/N-ethyl adjacent to an activating group) is 1. The van der Waals surface area contributed by atoms with E-state index in [4.69, 9.17) is 20.6 Å². The zero-order chi connectivity index (χ0) is 31.6. The van der Waals surface area contributed by atoms with Crippen molar-refractivity contribution in [2.24, 2.45) is 0 Å². The molecule has 1 aliphatic heterocycles. The van der Waals surface area contributed by atoms with E-state index in [0.717, 1.165) is 65.4 Å². The Hall–Kier alpha value is -4.43. The Morgan fingerprint density at radius 2 is 1.61 bits per heavy atom. The highest BCUT2D eigenvalue weighted by Crippen LogP contribution is 2.37. The van der Waals surface area contributed by atoms with Gasteiger partial charge in [0.05, 0.1) is 17.6 Å². The maximum Gasteiger partial charge on any atom is 0.164 e. The van der Waals surface area contributed by atoms with Crippen LogP contribution in [0.3, 0.4) is 0 Å². The summed E-state index contributed by atoms with van der Waals surface area (Å²) in [5.41, 5.74) is 9.75. The zero-order valence-electron chi connectivity index (χ0n) is 26.3. The summed E-state index contributed by atoms with van der Waals surface area (Å²) >= 11 is 1.55. The lowest BCUT2D eigenvalue weighted by atomic mass is 9.90. The third kappa shape index (κ3) is 6.31. The minimum absolute atomic E-state index is 0.299. The van der Waals surface area contributed by atoms with E-state index in [1.54, 1.807) is 18.0 Å². The predicted molar refractivity (Wildman–Crippen MR) is 182 cm³/mol. The van der Waals surface area contributed by atoms with Crippen LogP contribution in [0.5, 0.6) is 11.5 Å². The smallest absolute Gasteiger partial charge is 0.164 e. The second-order valence-electron chi connectivity index (χ2n) is 12.3. The molecule has 0 amide bonds. The summed E-state index contributed by atoms with van der Waals surface area (Å²) in [5.74, 6) is 2.12.